The Kier molecular flexibility index (Phi) is 54.0. The fourth-order valence-corrected chi connectivity index (χ4v) is 9.08. The Bertz CT molecular complexity index is 1160. The van der Waals surface area contributed by atoms with Crippen molar-refractivity contribution in [3.63, 3.8) is 0 Å². The maximum atomic E-state index is 13.3. The Morgan fingerprint density at radius 1 is 0.426 bits per heavy atom. The molecule has 0 heterocycles. The molecule has 0 radical (unpaired) electrons. The van der Waals surface area contributed by atoms with Gasteiger partial charge in [0, 0.05) is 6.42 Å². The van der Waals surface area contributed by atoms with Gasteiger partial charge in [0.2, 0.25) is 5.91 Å². The van der Waals surface area contributed by atoms with E-state index in [1.54, 1.807) is 0 Å². The van der Waals surface area contributed by atoms with E-state index in [1.165, 1.54) is 193 Å². The van der Waals surface area contributed by atoms with Crippen LogP contribution in [0.15, 0.2) is 48.6 Å². The highest BCUT2D eigenvalue weighted by Gasteiger charge is 2.24. The highest BCUT2D eigenvalue weighted by atomic mass is 16.5. The van der Waals surface area contributed by atoms with Crippen LogP contribution in [0, 0.1) is 0 Å². The zero-order valence-electron chi connectivity index (χ0n) is 45.5. The molecule has 0 aliphatic carbocycles. The number of esters is 1. The van der Waals surface area contributed by atoms with E-state index in [1.807, 2.05) is 0 Å². The van der Waals surface area contributed by atoms with Gasteiger partial charge >= 0.3 is 5.97 Å². The normalized spacial score (nSPS) is 13.4. The Balaban J connectivity index is 4.57. The molecule has 0 bridgehead atoms. The fraction of sp³-hybridized carbons (Fsp3) is 0.839. The van der Waals surface area contributed by atoms with E-state index in [2.05, 4.69) is 74.7 Å². The Morgan fingerprint density at radius 3 is 1.19 bits per heavy atom. The summed E-state index contributed by atoms with van der Waals surface area (Å²) in [5, 5.41) is 23.9. The Hall–Kier alpha value is -2.18. The zero-order chi connectivity index (χ0) is 49.5. The van der Waals surface area contributed by atoms with Gasteiger partial charge in [0.25, 0.3) is 0 Å². The largest absolute Gasteiger partial charge is 0.462 e. The summed E-state index contributed by atoms with van der Waals surface area (Å²) in [7, 11) is 0. The van der Waals surface area contributed by atoms with E-state index < -0.39 is 18.2 Å². The molecule has 0 aromatic heterocycles. The van der Waals surface area contributed by atoms with Crippen LogP contribution in [0.25, 0.3) is 0 Å². The van der Waals surface area contributed by atoms with Crippen LogP contribution in [-0.4, -0.2) is 46.9 Å². The lowest BCUT2D eigenvalue weighted by Crippen LogP contribution is -2.46. The monoisotopic (exact) mass is 954 g/mol. The van der Waals surface area contributed by atoms with Gasteiger partial charge in [0.1, 0.15) is 6.10 Å². The number of carbonyl (C=O) groups is 2. The molecule has 0 saturated heterocycles. The van der Waals surface area contributed by atoms with Crippen molar-refractivity contribution in [2.75, 3.05) is 6.61 Å². The third kappa shape index (κ3) is 50.2. The SMILES string of the molecule is CCCCC/C=C\C/C=C\C/C=C\CCCCC(CC(=O)NC(CO)C(O)CCCCCCCCCCCCCCCCC)OC(=O)CCCCCCCCCCC/C=C/CCCCCCCC. The second kappa shape index (κ2) is 55.7. The number of ether oxygens (including phenoxy) is 1. The summed E-state index contributed by atoms with van der Waals surface area (Å²) in [6.07, 6.45) is 68.9. The van der Waals surface area contributed by atoms with E-state index in [4.69, 9.17) is 4.74 Å². The maximum absolute atomic E-state index is 13.3. The topological polar surface area (TPSA) is 95.9 Å². The van der Waals surface area contributed by atoms with Crippen LogP contribution in [0.1, 0.15) is 310 Å². The minimum absolute atomic E-state index is 0.0527. The number of hydrogen-bond donors (Lipinski definition) is 3. The van der Waals surface area contributed by atoms with Gasteiger partial charge in [-0.2, -0.15) is 0 Å². The minimum Gasteiger partial charge on any atom is -0.462 e. The third-order valence-corrected chi connectivity index (χ3v) is 13.6. The van der Waals surface area contributed by atoms with Gasteiger partial charge in [0.15, 0.2) is 0 Å². The lowest BCUT2D eigenvalue weighted by atomic mass is 10.0. The van der Waals surface area contributed by atoms with Gasteiger partial charge in [0.05, 0.1) is 25.2 Å². The second-order valence-electron chi connectivity index (χ2n) is 20.4. The van der Waals surface area contributed by atoms with Gasteiger partial charge in [-0.15, -0.1) is 0 Å². The van der Waals surface area contributed by atoms with Gasteiger partial charge in [-0.3, -0.25) is 9.59 Å². The number of rotatable bonds is 54. The number of nitrogens with one attached hydrogen (secondary N) is 1. The van der Waals surface area contributed by atoms with E-state index in [0.717, 1.165) is 70.6 Å². The van der Waals surface area contributed by atoms with Crippen molar-refractivity contribution in [1.82, 2.24) is 5.32 Å². The highest BCUT2D eigenvalue weighted by molar-refractivity contribution is 5.77. The molecule has 0 aliphatic heterocycles. The third-order valence-electron chi connectivity index (χ3n) is 13.6. The summed E-state index contributed by atoms with van der Waals surface area (Å²) >= 11 is 0. The van der Waals surface area contributed by atoms with E-state index >= 15 is 0 Å². The molecule has 68 heavy (non-hydrogen) atoms. The van der Waals surface area contributed by atoms with Crippen LogP contribution < -0.4 is 5.32 Å². The molecule has 1 amide bonds. The number of hydrogen-bond acceptors (Lipinski definition) is 5. The molecule has 6 nitrogen and oxygen atoms in total. The van der Waals surface area contributed by atoms with Crippen molar-refractivity contribution < 1.29 is 24.5 Å². The van der Waals surface area contributed by atoms with Gasteiger partial charge in [-0.1, -0.05) is 256 Å². The molecule has 0 aromatic rings. The first-order valence-corrected chi connectivity index (χ1v) is 29.9. The molecule has 0 aliphatic rings. The summed E-state index contributed by atoms with van der Waals surface area (Å²) < 4.78 is 5.95. The zero-order valence-corrected chi connectivity index (χ0v) is 45.5. The molecule has 398 valence electrons. The molecular formula is C62H115NO5. The first kappa shape index (κ1) is 65.8. The summed E-state index contributed by atoms with van der Waals surface area (Å²) in [6, 6.07) is -0.715. The summed E-state index contributed by atoms with van der Waals surface area (Å²) in [6.45, 7) is 6.47. The molecule has 0 spiro atoms. The fourth-order valence-electron chi connectivity index (χ4n) is 9.08. The van der Waals surface area contributed by atoms with Crippen molar-refractivity contribution in [2.24, 2.45) is 0 Å². The van der Waals surface area contributed by atoms with Crippen LogP contribution in [0.4, 0.5) is 0 Å². The summed E-state index contributed by atoms with van der Waals surface area (Å²) in [5.74, 6) is -0.502. The van der Waals surface area contributed by atoms with Crippen molar-refractivity contribution >= 4 is 11.9 Å². The van der Waals surface area contributed by atoms with Gasteiger partial charge in [-0.05, 0) is 89.9 Å². The standard InChI is InChI=1S/C62H115NO5/c1-4-7-10-13-16-19-22-25-28-29-30-31-34-37-40-43-46-49-52-55-62(67)68-58(53-50-47-44-41-38-35-32-26-23-20-17-14-11-8-5-2)56-61(66)63-59(57-64)60(65)54-51-48-45-42-39-36-33-27-24-21-18-15-12-9-6-3/h17,20,25-26,28,32,38,41,58-60,64-65H,4-16,18-19,21-24,27,29-31,33-37,39-40,42-57H2,1-3H3,(H,63,66)/b20-17-,28-25+,32-26-,41-38-. The number of carbonyl (C=O) groups excluding carboxylic acids is 2. The van der Waals surface area contributed by atoms with Crippen molar-refractivity contribution in [3.05, 3.63) is 48.6 Å². The molecule has 3 atom stereocenters. The lowest BCUT2D eigenvalue weighted by molar-refractivity contribution is -0.151. The number of aliphatic hydroxyl groups is 2. The van der Waals surface area contributed by atoms with Crippen LogP contribution in [0.3, 0.4) is 0 Å². The van der Waals surface area contributed by atoms with E-state index in [0.29, 0.717) is 19.3 Å². The van der Waals surface area contributed by atoms with Crippen LogP contribution in [0.2, 0.25) is 0 Å². The average Bonchev–Trinajstić information content (AvgIpc) is 3.33. The van der Waals surface area contributed by atoms with Crippen molar-refractivity contribution in [3.8, 4) is 0 Å². The molecule has 0 aromatic carbocycles. The molecule has 3 unspecified atom stereocenters. The highest BCUT2D eigenvalue weighted by Crippen LogP contribution is 2.18. The van der Waals surface area contributed by atoms with E-state index in [9.17, 15) is 19.8 Å². The molecule has 0 saturated carbocycles. The first-order valence-electron chi connectivity index (χ1n) is 29.9. The molecule has 0 rings (SSSR count). The number of allylic oxidation sites excluding steroid dienone is 8. The molecule has 6 heteroatoms. The number of aliphatic hydroxyl groups excluding tert-OH is 2. The van der Waals surface area contributed by atoms with Crippen molar-refractivity contribution in [1.29, 1.82) is 0 Å². The number of unbranched alkanes of at least 4 members (excludes halogenated alkanes) is 34. The average molecular weight is 955 g/mol. The molecule has 0 fully saturated rings. The smallest absolute Gasteiger partial charge is 0.306 e. The summed E-state index contributed by atoms with van der Waals surface area (Å²) in [5.41, 5.74) is 0. The van der Waals surface area contributed by atoms with E-state index in [-0.39, 0.29) is 24.9 Å². The van der Waals surface area contributed by atoms with Crippen LogP contribution in [0.5, 0.6) is 0 Å². The Labute approximate surface area is 423 Å². The van der Waals surface area contributed by atoms with Gasteiger partial charge in [-0.25, -0.2) is 0 Å². The van der Waals surface area contributed by atoms with Gasteiger partial charge < -0.3 is 20.3 Å². The van der Waals surface area contributed by atoms with Crippen LogP contribution >= 0.6 is 0 Å². The predicted octanol–water partition coefficient (Wildman–Crippen LogP) is 18.6. The predicted molar refractivity (Wildman–Crippen MR) is 296 cm³/mol. The first-order chi connectivity index (χ1) is 33.5. The second-order valence-corrected chi connectivity index (χ2v) is 20.4. The molecular weight excluding hydrogens is 839 g/mol. The summed E-state index contributed by atoms with van der Waals surface area (Å²) in [4.78, 5) is 26.3. The number of amides is 1. The molecule has 3 N–H and O–H groups in total. The van der Waals surface area contributed by atoms with Crippen LogP contribution in [-0.2, 0) is 14.3 Å². The van der Waals surface area contributed by atoms with Crippen molar-refractivity contribution in [2.45, 2.75) is 328 Å². The quantitative estimate of drug-likeness (QED) is 0.0321. The Morgan fingerprint density at radius 2 is 0.750 bits per heavy atom. The minimum atomic E-state index is -0.799. The lowest BCUT2D eigenvalue weighted by Gasteiger charge is -2.24. The maximum Gasteiger partial charge on any atom is 0.306 e.